The number of nitrogens with one attached hydrogen (secondary N) is 1. The van der Waals surface area contributed by atoms with Crippen LogP contribution in [0.1, 0.15) is 24.8 Å². The highest BCUT2D eigenvalue weighted by Crippen LogP contribution is 2.13. The fourth-order valence-corrected chi connectivity index (χ4v) is 2.88. The standard InChI is InChI=1S/C17H21ClN4O.ClH/c18-15-4-6-16(7-5-15)22-13-14(11-20-22)10-19-12-17(23)21-8-2-1-3-9-21;/h4-7,11,13,19H,1-3,8-10,12H2;1H. The van der Waals surface area contributed by atoms with E-state index < -0.39 is 0 Å². The Kier molecular flexibility index (Phi) is 7.09. The van der Waals surface area contributed by atoms with Gasteiger partial charge >= 0.3 is 0 Å². The van der Waals surface area contributed by atoms with Gasteiger partial charge in [-0.05, 0) is 43.5 Å². The molecule has 7 heteroatoms. The Labute approximate surface area is 153 Å². The van der Waals surface area contributed by atoms with Crippen LogP contribution in [0.5, 0.6) is 0 Å². The maximum absolute atomic E-state index is 12.1. The van der Waals surface area contributed by atoms with Gasteiger partial charge in [0.05, 0.1) is 18.4 Å². The van der Waals surface area contributed by atoms with Crippen molar-refractivity contribution in [3.63, 3.8) is 0 Å². The highest BCUT2D eigenvalue weighted by molar-refractivity contribution is 6.30. The van der Waals surface area contributed by atoms with Crippen LogP contribution in [0.2, 0.25) is 5.02 Å². The van der Waals surface area contributed by atoms with Crippen LogP contribution in [0.4, 0.5) is 0 Å². The number of piperidine rings is 1. The molecule has 24 heavy (non-hydrogen) atoms. The molecule has 1 amide bonds. The van der Waals surface area contributed by atoms with Crippen LogP contribution in [0, 0.1) is 0 Å². The van der Waals surface area contributed by atoms with Gasteiger partial charge in [0.15, 0.2) is 0 Å². The second kappa shape index (κ2) is 9.06. The molecule has 0 unspecified atom stereocenters. The minimum absolute atomic E-state index is 0. The van der Waals surface area contributed by atoms with Crippen LogP contribution >= 0.6 is 24.0 Å². The van der Waals surface area contributed by atoms with Crippen LogP contribution in [0.25, 0.3) is 5.69 Å². The summed E-state index contributed by atoms with van der Waals surface area (Å²) in [6, 6.07) is 7.53. The zero-order valence-electron chi connectivity index (χ0n) is 13.4. The van der Waals surface area contributed by atoms with E-state index in [2.05, 4.69) is 10.4 Å². The molecule has 5 nitrogen and oxygen atoms in total. The van der Waals surface area contributed by atoms with E-state index in [1.165, 1.54) is 6.42 Å². The third kappa shape index (κ3) is 4.97. The number of hydrogen-bond donors (Lipinski definition) is 1. The van der Waals surface area contributed by atoms with Gasteiger partial charge < -0.3 is 10.2 Å². The maximum Gasteiger partial charge on any atom is 0.236 e. The van der Waals surface area contributed by atoms with E-state index >= 15 is 0 Å². The monoisotopic (exact) mass is 368 g/mol. The second-order valence-corrected chi connectivity index (χ2v) is 6.25. The molecule has 1 fully saturated rings. The van der Waals surface area contributed by atoms with Gasteiger partial charge in [-0.15, -0.1) is 12.4 Å². The summed E-state index contributed by atoms with van der Waals surface area (Å²) < 4.78 is 1.81. The number of carbonyl (C=O) groups is 1. The van der Waals surface area contributed by atoms with E-state index in [1.807, 2.05) is 41.6 Å². The minimum Gasteiger partial charge on any atom is -0.342 e. The molecule has 2 heterocycles. The van der Waals surface area contributed by atoms with Crippen molar-refractivity contribution >= 4 is 29.9 Å². The Balaban J connectivity index is 0.00000208. The summed E-state index contributed by atoms with van der Waals surface area (Å²) >= 11 is 5.89. The fraction of sp³-hybridized carbons (Fsp3) is 0.412. The molecule has 0 radical (unpaired) electrons. The van der Waals surface area contributed by atoms with Crippen LogP contribution < -0.4 is 5.32 Å². The fourth-order valence-electron chi connectivity index (χ4n) is 2.76. The van der Waals surface area contributed by atoms with E-state index in [9.17, 15) is 4.79 Å². The number of rotatable bonds is 5. The summed E-state index contributed by atoms with van der Waals surface area (Å²) in [6.07, 6.45) is 7.26. The van der Waals surface area contributed by atoms with E-state index in [0.717, 1.165) is 37.2 Å². The van der Waals surface area contributed by atoms with Gasteiger partial charge in [0.25, 0.3) is 0 Å². The molecule has 3 rings (SSSR count). The Morgan fingerprint density at radius 2 is 1.88 bits per heavy atom. The molecule has 0 atom stereocenters. The first-order valence-corrected chi connectivity index (χ1v) is 8.38. The van der Waals surface area contributed by atoms with Gasteiger partial charge in [-0.1, -0.05) is 11.6 Å². The van der Waals surface area contributed by atoms with Crippen LogP contribution in [-0.2, 0) is 11.3 Å². The van der Waals surface area contributed by atoms with Gasteiger partial charge in [0.1, 0.15) is 0 Å². The van der Waals surface area contributed by atoms with Crippen molar-refractivity contribution in [3.8, 4) is 5.69 Å². The Hall–Kier alpha value is -1.56. The van der Waals surface area contributed by atoms with Crippen LogP contribution in [-0.4, -0.2) is 40.2 Å². The van der Waals surface area contributed by atoms with Gasteiger partial charge in [-0.2, -0.15) is 5.10 Å². The largest absolute Gasteiger partial charge is 0.342 e. The Bertz CT molecular complexity index is 651. The topological polar surface area (TPSA) is 50.2 Å². The van der Waals surface area contributed by atoms with Crippen molar-refractivity contribution in [2.75, 3.05) is 19.6 Å². The highest BCUT2D eigenvalue weighted by atomic mass is 35.5. The normalized spacial score (nSPS) is 14.3. The zero-order chi connectivity index (χ0) is 16.1. The summed E-state index contributed by atoms with van der Waals surface area (Å²) in [6.45, 7) is 2.81. The number of nitrogens with zero attached hydrogens (tertiary/aromatic N) is 3. The number of carbonyl (C=O) groups excluding carboxylic acids is 1. The Morgan fingerprint density at radius 1 is 1.17 bits per heavy atom. The molecule has 0 aliphatic carbocycles. The van der Waals surface area contributed by atoms with Gasteiger partial charge in [0.2, 0.25) is 5.91 Å². The molecule has 130 valence electrons. The summed E-state index contributed by atoms with van der Waals surface area (Å²) in [5.74, 6) is 0.190. The van der Waals surface area contributed by atoms with E-state index in [0.29, 0.717) is 18.1 Å². The number of likely N-dealkylation sites (tertiary alicyclic amines) is 1. The first kappa shape index (κ1) is 18.8. The predicted molar refractivity (Wildman–Crippen MR) is 98.0 cm³/mol. The first-order chi connectivity index (χ1) is 11.2. The zero-order valence-corrected chi connectivity index (χ0v) is 15.0. The lowest BCUT2D eigenvalue weighted by Gasteiger charge is -2.26. The van der Waals surface area contributed by atoms with Crippen molar-refractivity contribution in [3.05, 3.63) is 47.2 Å². The first-order valence-electron chi connectivity index (χ1n) is 8.00. The minimum atomic E-state index is 0. The van der Waals surface area contributed by atoms with Crippen molar-refractivity contribution in [1.82, 2.24) is 20.0 Å². The van der Waals surface area contributed by atoms with Crippen molar-refractivity contribution in [1.29, 1.82) is 0 Å². The molecule has 1 saturated heterocycles. The van der Waals surface area contributed by atoms with Gasteiger partial charge in [0, 0.05) is 36.4 Å². The summed E-state index contributed by atoms with van der Waals surface area (Å²) in [5, 5.41) is 8.26. The summed E-state index contributed by atoms with van der Waals surface area (Å²) in [7, 11) is 0. The predicted octanol–water partition coefficient (Wildman–Crippen LogP) is 3.05. The lowest BCUT2D eigenvalue weighted by Crippen LogP contribution is -2.40. The lowest BCUT2D eigenvalue weighted by atomic mass is 10.1. The smallest absolute Gasteiger partial charge is 0.236 e. The van der Waals surface area contributed by atoms with E-state index in [4.69, 9.17) is 11.6 Å². The number of hydrogen-bond acceptors (Lipinski definition) is 3. The molecule has 0 spiro atoms. The molecular weight excluding hydrogens is 347 g/mol. The molecule has 0 bridgehead atoms. The molecule has 1 N–H and O–H groups in total. The highest BCUT2D eigenvalue weighted by Gasteiger charge is 2.15. The van der Waals surface area contributed by atoms with Crippen molar-refractivity contribution in [2.24, 2.45) is 0 Å². The second-order valence-electron chi connectivity index (χ2n) is 5.81. The number of halogens is 2. The molecule has 1 aliphatic heterocycles. The van der Waals surface area contributed by atoms with Crippen LogP contribution in [0.3, 0.4) is 0 Å². The SMILES string of the molecule is Cl.O=C(CNCc1cnn(-c2ccc(Cl)cc2)c1)N1CCCCC1. The van der Waals surface area contributed by atoms with Gasteiger partial charge in [-0.3, -0.25) is 4.79 Å². The molecular formula is C17H22Cl2N4O. The number of aromatic nitrogens is 2. The summed E-state index contributed by atoms with van der Waals surface area (Å²) in [5.41, 5.74) is 2.01. The molecule has 2 aromatic rings. The van der Waals surface area contributed by atoms with Crippen molar-refractivity contribution in [2.45, 2.75) is 25.8 Å². The maximum atomic E-state index is 12.1. The average molecular weight is 369 g/mol. The Morgan fingerprint density at radius 3 is 2.58 bits per heavy atom. The van der Waals surface area contributed by atoms with Crippen LogP contribution in [0.15, 0.2) is 36.7 Å². The van der Waals surface area contributed by atoms with E-state index in [1.54, 1.807) is 4.68 Å². The summed E-state index contributed by atoms with van der Waals surface area (Å²) in [4.78, 5) is 14.0. The molecule has 1 aromatic heterocycles. The third-order valence-electron chi connectivity index (χ3n) is 4.04. The third-order valence-corrected chi connectivity index (χ3v) is 4.29. The molecule has 1 aromatic carbocycles. The number of benzene rings is 1. The molecule has 1 aliphatic rings. The quantitative estimate of drug-likeness (QED) is 0.882. The lowest BCUT2D eigenvalue weighted by molar-refractivity contribution is -0.131. The molecule has 0 saturated carbocycles. The average Bonchev–Trinajstić information content (AvgIpc) is 3.05. The van der Waals surface area contributed by atoms with Crippen molar-refractivity contribution < 1.29 is 4.79 Å². The van der Waals surface area contributed by atoms with Gasteiger partial charge in [-0.25, -0.2) is 4.68 Å². The van der Waals surface area contributed by atoms with E-state index in [-0.39, 0.29) is 18.3 Å². The number of amides is 1.